The van der Waals surface area contributed by atoms with E-state index in [2.05, 4.69) is 15.6 Å². The fourth-order valence-electron chi connectivity index (χ4n) is 3.45. The van der Waals surface area contributed by atoms with Gasteiger partial charge in [-0.25, -0.2) is 10.1 Å². The van der Waals surface area contributed by atoms with E-state index in [-0.39, 0.29) is 23.5 Å². The molecule has 4 rings (SSSR count). The van der Waals surface area contributed by atoms with E-state index < -0.39 is 5.91 Å². The first-order chi connectivity index (χ1) is 16.0. The first kappa shape index (κ1) is 21.8. The van der Waals surface area contributed by atoms with Gasteiger partial charge >= 0.3 is 0 Å². The lowest BCUT2D eigenvalue weighted by molar-refractivity contribution is 0.0949. The zero-order valence-electron chi connectivity index (χ0n) is 18.1. The lowest BCUT2D eigenvalue weighted by Crippen LogP contribution is -2.29. The molecule has 4 aromatic rings. The molecule has 0 spiro atoms. The normalized spacial score (nSPS) is 11.4. The first-order valence-electron chi connectivity index (χ1n) is 10.2. The van der Waals surface area contributed by atoms with Crippen LogP contribution in [-0.2, 0) is 6.54 Å². The molecule has 1 aromatic heterocycles. The number of hydrazone groups is 1. The quantitative estimate of drug-likeness (QED) is 0.352. The Morgan fingerprint density at radius 1 is 1.06 bits per heavy atom. The molecule has 0 aliphatic rings. The predicted molar refractivity (Wildman–Crippen MR) is 126 cm³/mol. The van der Waals surface area contributed by atoms with Crippen LogP contribution in [-0.4, -0.2) is 33.6 Å². The minimum Gasteiger partial charge on any atom is -0.507 e. The highest BCUT2D eigenvalue weighted by molar-refractivity contribution is 6.06. The fraction of sp³-hybridized carbons (Fsp3) is 0.120. The van der Waals surface area contributed by atoms with Crippen LogP contribution in [0.1, 0.15) is 28.5 Å². The highest BCUT2D eigenvalue weighted by Gasteiger charge is 2.17. The maximum absolute atomic E-state index is 13.0. The van der Waals surface area contributed by atoms with Crippen LogP contribution in [0.3, 0.4) is 0 Å². The minimum atomic E-state index is -0.574. The number of phenolic OH excluding ortho intramolecular Hbond substituents is 1. The molecule has 0 unspecified atom stereocenters. The van der Waals surface area contributed by atoms with Gasteiger partial charge in [-0.15, -0.1) is 0 Å². The van der Waals surface area contributed by atoms with Gasteiger partial charge in [0, 0.05) is 10.9 Å². The third kappa shape index (κ3) is 4.59. The monoisotopic (exact) mass is 442 g/mol. The minimum absolute atomic E-state index is 0.00582. The van der Waals surface area contributed by atoms with Gasteiger partial charge in [0.1, 0.15) is 11.5 Å². The van der Waals surface area contributed by atoms with E-state index in [9.17, 15) is 14.7 Å². The number of benzene rings is 3. The number of phenols is 1. The van der Waals surface area contributed by atoms with Gasteiger partial charge in [0.15, 0.2) is 5.69 Å². The van der Waals surface area contributed by atoms with Crippen LogP contribution in [0.2, 0.25) is 0 Å². The summed E-state index contributed by atoms with van der Waals surface area (Å²) in [5.74, 6) is -0.0228. The predicted octanol–water partition coefficient (Wildman–Crippen LogP) is 3.31. The summed E-state index contributed by atoms with van der Waals surface area (Å²) < 4.78 is 6.46. The second-order valence-corrected chi connectivity index (χ2v) is 7.36. The molecule has 33 heavy (non-hydrogen) atoms. The summed E-state index contributed by atoms with van der Waals surface area (Å²) in [4.78, 5) is 26.0. The summed E-state index contributed by atoms with van der Waals surface area (Å²) in [6, 6.07) is 21.0. The summed E-state index contributed by atoms with van der Waals surface area (Å²) >= 11 is 0. The molecular weight excluding hydrogens is 420 g/mol. The molecule has 166 valence electrons. The lowest BCUT2D eigenvalue weighted by Gasteiger charge is -2.11. The molecular formula is C25H22N4O4. The van der Waals surface area contributed by atoms with Crippen molar-refractivity contribution in [3.8, 4) is 11.5 Å². The summed E-state index contributed by atoms with van der Waals surface area (Å²) in [6.07, 6.45) is 0. The van der Waals surface area contributed by atoms with Crippen molar-refractivity contribution in [1.29, 1.82) is 0 Å². The van der Waals surface area contributed by atoms with E-state index in [1.807, 2.05) is 30.3 Å². The molecule has 0 saturated carbocycles. The van der Waals surface area contributed by atoms with Gasteiger partial charge in [0.2, 0.25) is 0 Å². The summed E-state index contributed by atoms with van der Waals surface area (Å²) in [7, 11) is 1.52. The summed E-state index contributed by atoms with van der Waals surface area (Å²) in [5, 5.41) is 19.4. The SMILES string of the molecule is COc1ccc(O)c(/C(C)=N/NC(=O)c2nn(Cc3ccccc3)c(=O)c3ccccc23)c1. The number of ether oxygens (including phenoxy) is 1. The molecule has 0 saturated heterocycles. The van der Waals surface area contributed by atoms with Gasteiger partial charge in [-0.05, 0) is 36.8 Å². The Kier molecular flexibility index (Phi) is 6.17. The zero-order valence-corrected chi connectivity index (χ0v) is 18.1. The molecule has 8 nitrogen and oxygen atoms in total. The standard InChI is InChI=1S/C25H22N4O4/c1-16(21-14-18(33-2)12-13-22(21)30)26-27-24(31)23-19-10-6-7-11-20(19)25(32)29(28-23)15-17-8-4-3-5-9-17/h3-14,30H,15H2,1-2H3,(H,27,31)/b26-16+. The van der Waals surface area contributed by atoms with Gasteiger partial charge in [0.25, 0.3) is 11.5 Å². The Hall–Kier alpha value is -4.46. The number of rotatable bonds is 6. The number of hydrogen-bond acceptors (Lipinski definition) is 6. The Bertz CT molecular complexity index is 1410. The lowest BCUT2D eigenvalue weighted by atomic mass is 10.1. The van der Waals surface area contributed by atoms with Crippen molar-refractivity contribution in [1.82, 2.24) is 15.2 Å². The fourth-order valence-corrected chi connectivity index (χ4v) is 3.45. The summed E-state index contributed by atoms with van der Waals surface area (Å²) in [5.41, 5.74) is 3.95. The molecule has 0 bridgehead atoms. The highest BCUT2D eigenvalue weighted by Crippen LogP contribution is 2.23. The van der Waals surface area contributed by atoms with E-state index in [1.54, 1.807) is 43.3 Å². The topological polar surface area (TPSA) is 106 Å². The molecule has 2 N–H and O–H groups in total. The van der Waals surface area contributed by atoms with Crippen LogP contribution in [0.15, 0.2) is 82.7 Å². The number of amides is 1. The highest BCUT2D eigenvalue weighted by atomic mass is 16.5. The van der Waals surface area contributed by atoms with Gasteiger partial charge in [-0.1, -0.05) is 48.5 Å². The van der Waals surface area contributed by atoms with Gasteiger partial charge in [0.05, 0.1) is 24.8 Å². The van der Waals surface area contributed by atoms with E-state index in [1.165, 1.54) is 17.9 Å². The number of nitrogens with one attached hydrogen (secondary N) is 1. The van der Waals surface area contributed by atoms with Crippen molar-refractivity contribution < 1.29 is 14.6 Å². The Morgan fingerprint density at radius 2 is 1.76 bits per heavy atom. The number of methoxy groups -OCH3 is 1. The van der Waals surface area contributed by atoms with Crippen LogP contribution in [0.5, 0.6) is 11.5 Å². The molecule has 0 atom stereocenters. The molecule has 1 amide bonds. The van der Waals surface area contributed by atoms with E-state index in [4.69, 9.17) is 4.74 Å². The number of carbonyl (C=O) groups is 1. The smallest absolute Gasteiger partial charge is 0.292 e. The number of hydrogen-bond donors (Lipinski definition) is 2. The third-order valence-corrected chi connectivity index (χ3v) is 5.18. The van der Waals surface area contributed by atoms with Gasteiger partial charge in [-0.3, -0.25) is 9.59 Å². The van der Waals surface area contributed by atoms with Crippen molar-refractivity contribution in [2.45, 2.75) is 13.5 Å². The molecule has 0 fully saturated rings. The molecule has 3 aromatic carbocycles. The van der Waals surface area contributed by atoms with E-state index in [0.29, 0.717) is 27.8 Å². The number of aromatic hydroxyl groups is 1. The maximum atomic E-state index is 13.0. The second kappa shape index (κ2) is 9.35. The van der Waals surface area contributed by atoms with Crippen molar-refractivity contribution in [2.24, 2.45) is 5.10 Å². The van der Waals surface area contributed by atoms with Gasteiger partial charge in [-0.2, -0.15) is 10.2 Å². The average Bonchev–Trinajstić information content (AvgIpc) is 2.85. The first-order valence-corrected chi connectivity index (χ1v) is 10.2. The Morgan fingerprint density at radius 3 is 2.48 bits per heavy atom. The number of fused-ring (bicyclic) bond motifs is 1. The van der Waals surface area contributed by atoms with Crippen LogP contribution >= 0.6 is 0 Å². The average molecular weight is 442 g/mol. The molecule has 0 aliphatic heterocycles. The Labute approximate surface area is 189 Å². The molecule has 8 heteroatoms. The summed E-state index contributed by atoms with van der Waals surface area (Å²) in [6.45, 7) is 1.88. The van der Waals surface area contributed by atoms with E-state index in [0.717, 1.165) is 5.56 Å². The van der Waals surface area contributed by atoms with Gasteiger partial charge < -0.3 is 9.84 Å². The van der Waals surface area contributed by atoms with Crippen LogP contribution in [0.4, 0.5) is 0 Å². The molecule has 1 heterocycles. The zero-order chi connectivity index (χ0) is 23.4. The largest absolute Gasteiger partial charge is 0.507 e. The van der Waals surface area contributed by atoms with Crippen molar-refractivity contribution in [2.75, 3.05) is 7.11 Å². The van der Waals surface area contributed by atoms with Crippen LogP contribution in [0.25, 0.3) is 10.8 Å². The van der Waals surface area contributed by atoms with Crippen molar-refractivity contribution in [3.63, 3.8) is 0 Å². The van der Waals surface area contributed by atoms with Crippen molar-refractivity contribution in [3.05, 3.63) is 100.0 Å². The van der Waals surface area contributed by atoms with E-state index >= 15 is 0 Å². The third-order valence-electron chi connectivity index (χ3n) is 5.18. The maximum Gasteiger partial charge on any atom is 0.292 e. The number of nitrogens with zero attached hydrogens (tertiary/aromatic N) is 3. The van der Waals surface area contributed by atoms with Crippen LogP contribution < -0.4 is 15.7 Å². The number of carbonyl (C=O) groups excluding carboxylic acids is 1. The van der Waals surface area contributed by atoms with Crippen LogP contribution in [0, 0.1) is 0 Å². The molecule has 0 aliphatic carbocycles. The second-order valence-electron chi connectivity index (χ2n) is 7.36. The molecule has 0 radical (unpaired) electrons. The Balaban J connectivity index is 1.70. The van der Waals surface area contributed by atoms with Crippen molar-refractivity contribution >= 4 is 22.4 Å². The number of aromatic nitrogens is 2.